The van der Waals surface area contributed by atoms with E-state index in [2.05, 4.69) is 18.8 Å². The third-order valence-corrected chi connectivity index (χ3v) is 1.11. The zero-order chi connectivity index (χ0) is 7.11. The summed E-state index contributed by atoms with van der Waals surface area (Å²) in [7, 11) is 0. The van der Waals surface area contributed by atoms with E-state index in [-0.39, 0.29) is 0 Å². The van der Waals surface area contributed by atoms with Gasteiger partial charge in [0, 0.05) is 12.2 Å². The smallest absolute Gasteiger partial charge is 0.0290 e. The van der Waals surface area contributed by atoms with Crippen LogP contribution in [0.4, 0.5) is 0 Å². The van der Waals surface area contributed by atoms with Crippen LogP contribution in [0.3, 0.4) is 0 Å². The Morgan fingerprint density at radius 3 is 2.67 bits per heavy atom. The van der Waals surface area contributed by atoms with Crippen LogP contribution in [0.15, 0.2) is 24.4 Å². The van der Waals surface area contributed by atoms with Crippen LogP contribution in [0.1, 0.15) is 20.3 Å². The van der Waals surface area contributed by atoms with E-state index < -0.39 is 0 Å². The van der Waals surface area contributed by atoms with Crippen LogP contribution in [0.25, 0.3) is 0 Å². The number of hydrogen-bond donors (Lipinski definition) is 1. The molecule has 0 aromatic rings. The van der Waals surface area contributed by atoms with E-state index in [9.17, 15) is 0 Å². The minimum atomic E-state index is 1.03. The molecule has 52 valence electrons. The van der Waals surface area contributed by atoms with Crippen LogP contribution in [0.5, 0.6) is 0 Å². The Bertz CT molecular complexity index is 103. The van der Waals surface area contributed by atoms with Gasteiger partial charge in [-0.05, 0) is 19.4 Å². The molecule has 0 radical (unpaired) electrons. The van der Waals surface area contributed by atoms with Gasteiger partial charge in [0.1, 0.15) is 0 Å². The van der Waals surface area contributed by atoms with Crippen molar-refractivity contribution in [3.8, 4) is 0 Å². The molecule has 0 bridgehead atoms. The Labute approximate surface area is 57.5 Å². The maximum Gasteiger partial charge on any atom is 0.0290 e. The first-order valence-corrected chi connectivity index (χ1v) is 3.37. The maximum absolute atomic E-state index is 3.65. The normalized spacial score (nSPS) is 11.1. The van der Waals surface area contributed by atoms with E-state index in [1.54, 1.807) is 0 Å². The van der Waals surface area contributed by atoms with Gasteiger partial charge in [0.25, 0.3) is 0 Å². The highest BCUT2D eigenvalue weighted by molar-refractivity contribution is 5.12. The van der Waals surface area contributed by atoms with Gasteiger partial charge in [-0.25, -0.2) is 0 Å². The summed E-state index contributed by atoms with van der Waals surface area (Å²) in [6.45, 7) is 8.83. The van der Waals surface area contributed by atoms with Crippen molar-refractivity contribution in [2.75, 3.05) is 6.54 Å². The quantitative estimate of drug-likeness (QED) is 0.567. The molecular formula is C8H15N. The fraction of sp³-hybridized carbons (Fsp3) is 0.500. The van der Waals surface area contributed by atoms with Crippen molar-refractivity contribution >= 4 is 0 Å². The molecule has 0 heterocycles. The lowest BCUT2D eigenvalue weighted by Gasteiger charge is -2.02. The molecule has 0 rings (SSSR count). The summed E-state index contributed by atoms with van der Waals surface area (Å²) in [4.78, 5) is 0. The van der Waals surface area contributed by atoms with Gasteiger partial charge in [-0.15, -0.1) is 0 Å². The highest BCUT2D eigenvalue weighted by Gasteiger charge is 1.82. The second-order valence-electron chi connectivity index (χ2n) is 1.87. The zero-order valence-corrected chi connectivity index (χ0v) is 6.28. The van der Waals surface area contributed by atoms with Gasteiger partial charge in [0.15, 0.2) is 0 Å². The van der Waals surface area contributed by atoms with Crippen LogP contribution in [0, 0.1) is 0 Å². The number of rotatable bonds is 4. The third-order valence-electron chi connectivity index (χ3n) is 1.11. The summed E-state index contributed by atoms with van der Waals surface area (Å²) in [5.74, 6) is 0. The lowest BCUT2D eigenvalue weighted by atomic mass is 10.4. The van der Waals surface area contributed by atoms with E-state index in [0.717, 1.165) is 18.7 Å². The fourth-order valence-corrected chi connectivity index (χ4v) is 0.561. The van der Waals surface area contributed by atoms with Crippen molar-refractivity contribution in [3.63, 3.8) is 0 Å². The molecule has 0 aliphatic carbocycles. The van der Waals surface area contributed by atoms with Gasteiger partial charge < -0.3 is 5.32 Å². The Morgan fingerprint density at radius 2 is 2.33 bits per heavy atom. The lowest BCUT2D eigenvalue weighted by Crippen LogP contribution is -2.11. The minimum Gasteiger partial charge on any atom is -0.385 e. The van der Waals surface area contributed by atoms with Gasteiger partial charge in [-0.3, -0.25) is 0 Å². The second-order valence-corrected chi connectivity index (χ2v) is 1.87. The Hall–Kier alpha value is -0.720. The van der Waals surface area contributed by atoms with Crippen LogP contribution in [0.2, 0.25) is 0 Å². The van der Waals surface area contributed by atoms with Gasteiger partial charge in [0.2, 0.25) is 0 Å². The van der Waals surface area contributed by atoms with Crippen LogP contribution in [-0.2, 0) is 0 Å². The average molecular weight is 125 g/mol. The van der Waals surface area contributed by atoms with Gasteiger partial charge in [-0.2, -0.15) is 0 Å². The molecule has 0 atom stereocenters. The zero-order valence-electron chi connectivity index (χ0n) is 6.28. The molecular weight excluding hydrogens is 110 g/mol. The molecule has 0 saturated heterocycles. The van der Waals surface area contributed by atoms with Crippen LogP contribution in [-0.4, -0.2) is 6.54 Å². The van der Waals surface area contributed by atoms with Crippen molar-refractivity contribution in [1.82, 2.24) is 5.32 Å². The summed E-state index contributed by atoms with van der Waals surface area (Å²) in [5, 5.41) is 3.21. The summed E-state index contributed by atoms with van der Waals surface area (Å²) in [5.41, 5.74) is 1.12. The van der Waals surface area contributed by atoms with Crippen molar-refractivity contribution in [3.05, 3.63) is 24.4 Å². The van der Waals surface area contributed by atoms with Crippen molar-refractivity contribution in [2.24, 2.45) is 0 Å². The molecule has 0 aromatic heterocycles. The monoisotopic (exact) mass is 125 g/mol. The molecule has 0 spiro atoms. The molecule has 1 N–H and O–H groups in total. The highest BCUT2D eigenvalue weighted by Crippen LogP contribution is 1.87. The fourth-order valence-electron chi connectivity index (χ4n) is 0.561. The molecule has 0 aliphatic heterocycles. The molecule has 0 amide bonds. The van der Waals surface area contributed by atoms with E-state index in [0.29, 0.717) is 0 Å². The summed E-state index contributed by atoms with van der Waals surface area (Å²) in [6.07, 6.45) is 5.00. The Morgan fingerprint density at radius 1 is 1.67 bits per heavy atom. The molecule has 9 heavy (non-hydrogen) atoms. The maximum atomic E-state index is 3.65. The van der Waals surface area contributed by atoms with Crippen LogP contribution >= 0.6 is 0 Å². The minimum absolute atomic E-state index is 1.03. The predicted octanol–water partition coefficient (Wildman–Crippen LogP) is 2.08. The molecule has 1 heteroatoms. The van der Waals surface area contributed by atoms with Crippen molar-refractivity contribution in [2.45, 2.75) is 20.3 Å². The molecule has 0 aliphatic rings. The largest absolute Gasteiger partial charge is 0.385 e. The number of allylic oxidation sites excluding steroid dienone is 2. The summed E-state index contributed by atoms with van der Waals surface area (Å²) in [6, 6.07) is 0. The Kier molecular flexibility index (Phi) is 4.98. The first-order chi connectivity index (χ1) is 4.35. The molecule has 0 aromatic carbocycles. The van der Waals surface area contributed by atoms with Crippen molar-refractivity contribution in [1.29, 1.82) is 0 Å². The van der Waals surface area contributed by atoms with E-state index >= 15 is 0 Å². The molecule has 0 unspecified atom stereocenters. The number of nitrogens with one attached hydrogen (secondary N) is 1. The SMILES string of the molecule is C=C/C(=C\C)NCCC. The number of hydrogen-bond acceptors (Lipinski definition) is 1. The topological polar surface area (TPSA) is 12.0 Å². The van der Waals surface area contributed by atoms with E-state index in [1.807, 2.05) is 19.1 Å². The molecule has 0 saturated carbocycles. The first kappa shape index (κ1) is 8.28. The van der Waals surface area contributed by atoms with Gasteiger partial charge >= 0.3 is 0 Å². The molecule has 0 fully saturated rings. The van der Waals surface area contributed by atoms with Crippen LogP contribution < -0.4 is 5.32 Å². The second kappa shape index (κ2) is 5.42. The van der Waals surface area contributed by atoms with Gasteiger partial charge in [0.05, 0.1) is 0 Å². The lowest BCUT2D eigenvalue weighted by molar-refractivity contribution is 0.783. The highest BCUT2D eigenvalue weighted by atomic mass is 14.9. The predicted molar refractivity (Wildman–Crippen MR) is 42.2 cm³/mol. The Balaban J connectivity index is 3.45. The van der Waals surface area contributed by atoms with Crippen molar-refractivity contribution < 1.29 is 0 Å². The van der Waals surface area contributed by atoms with Gasteiger partial charge in [-0.1, -0.05) is 19.6 Å². The van der Waals surface area contributed by atoms with E-state index in [4.69, 9.17) is 0 Å². The first-order valence-electron chi connectivity index (χ1n) is 3.37. The summed E-state index contributed by atoms with van der Waals surface area (Å²) >= 11 is 0. The summed E-state index contributed by atoms with van der Waals surface area (Å²) < 4.78 is 0. The standard InChI is InChI=1S/C8H15N/c1-4-7-9-8(5-2)6-3/h5-6,9H,2,4,7H2,1,3H3/b8-6+. The molecule has 1 nitrogen and oxygen atoms in total. The average Bonchev–Trinajstić information content (AvgIpc) is 1.91. The van der Waals surface area contributed by atoms with E-state index in [1.165, 1.54) is 0 Å². The third kappa shape index (κ3) is 3.83.